The fourth-order valence-corrected chi connectivity index (χ4v) is 6.27. The van der Waals surface area contributed by atoms with E-state index in [2.05, 4.69) is 28.2 Å². The maximum absolute atomic E-state index is 13.0. The van der Waals surface area contributed by atoms with Crippen LogP contribution in [0.3, 0.4) is 0 Å². The van der Waals surface area contributed by atoms with Crippen molar-refractivity contribution in [3.8, 4) is 17.1 Å². The minimum atomic E-state index is -0.0476. The Hall–Kier alpha value is -2.72. The van der Waals surface area contributed by atoms with E-state index in [1.165, 1.54) is 23.1 Å². The number of hydrogen-bond donors (Lipinski definition) is 0. The van der Waals surface area contributed by atoms with Gasteiger partial charge in [0.1, 0.15) is 10.7 Å². The average molecular weight is 540 g/mol. The minimum absolute atomic E-state index is 0.0199. The van der Waals surface area contributed by atoms with E-state index >= 15 is 0 Å². The predicted octanol–water partition coefficient (Wildman–Crippen LogP) is 5.89. The number of ether oxygens (including phenoxy) is 1. The smallest absolute Gasteiger partial charge is 0.273 e. The SMILES string of the molecule is Cc1ccccc1-n1c(SCc2nc(C(=O)N3CC(C)OC(C)C3)cs2)nnc1-c1ccccc1Cl. The second kappa shape index (κ2) is 10.7. The van der Waals surface area contributed by atoms with Crippen LogP contribution in [-0.4, -0.2) is 55.9 Å². The molecule has 36 heavy (non-hydrogen) atoms. The van der Waals surface area contributed by atoms with E-state index in [1.807, 2.05) is 71.2 Å². The van der Waals surface area contributed by atoms with Gasteiger partial charge in [-0.3, -0.25) is 9.36 Å². The molecule has 1 aliphatic heterocycles. The zero-order chi connectivity index (χ0) is 25.2. The summed E-state index contributed by atoms with van der Waals surface area (Å²) >= 11 is 9.53. The number of amides is 1. The number of thioether (sulfide) groups is 1. The first kappa shape index (κ1) is 25.0. The van der Waals surface area contributed by atoms with E-state index in [1.54, 1.807) is 0 Å². The fraction of sp³-hybridized carbons (Fsp3) is 0.308. The normalized spacial score (nSPS) is 17.9. The first-order valence-corrected chi connectivity index (χ1v) is 13.9. The summed E-state index contributed by atoms with van der Waals surface area (Å²) in [6.45, 7) is 7.19. The predicted molar refractivity (Wildman–Crippen MR) is 144 cm³/mol. The topological polar surface area (TPSA) is 73.1 Å². The van der Waals surface area contributed by atoms with Crippen LogP contribution < -0.4 is 0 Å². The Morgan fingerprint density at radius 2 is 1.83 bits per heavy atom. The number of aryl methyl sites for hydroxylation is 1. The third-order valence-electron chi connectivity index (χ3n) is 5.91. The van der Waals surface area contributed by atoms with Gasteiger partial charge < -0.3 is 9.64 Å². The quantitative estimate of drug-likeness (QED) is 0.284. The van der Waals surface area contributed by atoms with Crippen LogP contribution in [0.2, 0.25) is 5.02 Å². The van der Waals surface area contributed by atoms with Crippen molar-refractivity contribution >= 4 is 40.6 Å². The van der Waals surface area contributed by atoms with Crippen molar-refractivity contribution in [2.24, 2.45) is 0 Å². The monoisotopic (exact) mass is 539 g/mol. The number of hydrogen-bond acceptors (Lipinski definition) is 7. The van der Waals surface area contributed by atoms with Crippen LogP contribution in [-0.2, 0) is 10.5 Å². The lowest BCUT2D eigenvalue weighted by atomic mass is 10.1. The van der Waals surface area contributed by atoms with Gasteiger partial charge in [-0.15, -0.1) is 21.5 Å². The highest BCUT2D eigenvalue weighted by molar-refractivity contribution is 7.98. The van der Waals surface area contributed by atoms with Gasteiger partial charge in [0.25, 0.3) is 5.91 Å². The molecule has 1 aliphatic rings. The summed E-state index contributed by atoms with van der Waals surface area (Å²) in [5.74, 6) is 1.21. The lowest BCUT2D eigenvalue weighted by Crippen LogP contribution is -2.48. The highest BCUT2D eigenvalue weighted by Crippen LogP contribution is 2.34. The van der Waals surface area contributed by atoms with Crippen molar-refractivity contribution < 1.29 is 9.53 Å². The maximum Gasteiger partial charge on any atom is 0.273 e. The maximum atomic E-state index is 13.0. The molecule has 10 heteroatoms. The number of benzene rings is 2. The van der Waals surface area contributed by atoms with Crippen molar-refractivity contribution in [2.45, 2.75) is 43.9 Å². The largest absolute Gasteiger partial charge is 0.372 e. The van der Waals surface area contributed by atoms with Gasteiger partial charge in [-0.25, -0.2) is 4.98 Å². The first-order valence-electron chi connectivity index (χ1n) is 11.7. The Balaban J connectivity index is 1.39. The molecule has 2 unspecified atom stereocenters. The number of nitrogens with zero attached hydrogens (tertiary/aromatic N) is 5. The second-order valence-corrected chi connectivity index (χ2v) is 11.1. The molecule has 5 rings (SSSR count). The van der Waals surface area contributed by atoms with E-state index in [-0.39, 0.29) is 18.1 Å². The van der Waals surface area contributed by atoms with Gasteiger partial charge in [0, 0.05) is 24.0 Å². The van der Waals surface area contributed by atoms with Crippen LogP contribution in [0.4, 0.5) is 0 Å². The van der Waals surface area contributed by atoms with Crippen LogP contribution in [0.25, 0.3) is 17.1 Å². The highest BCUT2D eigenvalue weighted by Gasteiger charge is 2.28. The van der Waals surface area contributed by atoms with E-state index in [9.17, 15) is 4.79 Å². The lowest BCUT2D eigenvalue weighted by Gasteiger charge is -2.34. The van der Waals surface area contributed by atoms with E-state index in [0.29, 0.717) is 35.4 Å². The Morgan fingerprint density at radius 1 is 1.11 bits per heavy atom. The number of morpholine rings is 1. The van der Waals surface area contributed by atoms with Crippen molar-refractivity contribution in [1.82, 2.24) is 24.6 Å². The Kier molecular flexibility index (Phi) is 7.43. The third-order valence-corrected chi connectivity index (χ3v) is 8.21. The summed E-state index contributed by atoms with van der Waals surface area (Å²) in [6.07, 6.45) is 0.0398. The van der Waals surface area contributed by atoms with E-state index < -0.39 is 0 Å². The molecule has 1 fully saturated rings. The van der Waals surface area contributed by atoms with Gasteiger partial charge in [0.15, 0.2) is 11.0 Å². The van der Waals surface area contributed by atoms with Gasteiger partial charge in [0.05, 0.1) is 28.7 Å². The lowest BCUT2D eigenvalue weighted by molar-refractivity contribution is -0.0587. The van der Waals surface area contributed by atoms with Crippen LogP contribution in [0.15, 0.2) is 59.1 Å². The summed E-state index contributed by atoms with van der Waals surface area (Å²) in [4.78, 5) is 19.5. The molecule has 2 aromatic carbocycles. The Labute approximate surface area is 223 Å². The molecule has 1 saturated heterocycles. The number of thiazole rings is 1. The molecule has 0 saturated carbocycles. The van der Waals surface area contributed by atoms with E-state index in [4.69, 9.17) is 16.3 Å². The van der Waals surface area contributed by atoms with Gasteiger partial charge in [-0.1, -0.05) is 53.7 Å². The summed E-state index contributed by atoms with van der Waals surface area (Å²) in [6, 6.07) is 15.8. The number of rotatable bonds is 6. The van der Waals surface area contributed by atoms with Gasteiger partial charge >= 0.3 is 0 Å². The number of aromatic nitrogens is 4. The van der Waals surface area contributed by atoms with Gasteiger partial charge in [-0.2, -0.15) is 0 Å². The molecule has 0 spiro atoms. The molecule has 3 heterocycles. The van der Waals surface area contributed by atoms with Crippen molar-refractivity contribution in [2.75, 3.05) is 13.1 Å². The molecule has 2 atom stereocenters. The van der Waals surface area contributed by atoms with Crippen LogP contribution in [0, 0.1) is 6.92 Å². The summed E-state index contributed by atoms with van der Waals surface area (Å²) in [7, 11) is 0. The van der Waals surface area contributed by atoms with Crippen LogP contribution in [0.1, 0.15) is 34.9 Å². The molecular weight excluding hydrogens is 514 g/mol. The summed E-state index contributed by atoms with van der Waals surface area (Å²) < 4.78 is 7.79. The third kappa shape index (κ3) is 5.20. The standard InChI is InChI=1S/C26H26ClN5O2S2/c1-16-8-4-7-11-22(16)32-24(19-9-5-6-10-20(19)27)29-30-26(32)36-15-23-28-21(14-35-23)25(33)31-12-17(2)34-18(3)13-31/h4-11,14,17-18H,12-13,15H2,1-3H3. The second-order valence-electron chi connectivity index (χ2n) is 8.79. The summed E-state index contributed by atoms with van der Waals surface area (Å²) in [5.41, 5.74) is 3.39. The molecule has 7 nitrogen and oxygen atoms in total. The zero-order valence-electron chi connectivity index (χ0n) is 20.2. The molecule has 0 aliphatic carbocycles. The molecule has 0 bridgehead atoms. The molecule has 186 valence electrons. The Morgan fingerprint density at radius 3 is 2.58 bits per heavy atom. The molecule has 0 radical (unpaired) electrons. The molecular formula is C26H26ClN5O2S2. The van der Waals surface area contributed by atoms with E-state index in [0.717, 1.165) is 27.0 Å². The molecule has 2 aromatic heterocycles. The molecule has 0 N–H and O–H groups in total. The number of carbonyl (C=O) groups is 1. The number of halogens is 1. The number of para-hydroxylation sites is 1. The van der Waals surface area contributed by atoms with Crippen LogP contribution in [0.5, 0.6) is 0 Å². The molecule has 1 amide bonds. The fourth-order valence-electron chi connectivity index (χ4n) is 4.32. The van der Waals surface area contributed by atoms with Crippen molar-refractivity contribution in [1.29, 1.82) is 0 Å². The van der Waals surface area contributed by atoms with Crippen molar-refractivity contribution in [3.05, 3.63) is 75.2 Å². The van der Waals surface area contributed by atoms with Crippen molar-refractivity contribution in [3.63, 3.8) is 0 Å². The zero-order valence-corrected chi connectivity index (χ0v) is 22.6. The Bertz CT molecular complexity index is 1380. The van der Waals surface area contributed by atoms with Gasteiger partial charge in [0.2, 0.25) is 0 Å². The first-order chi connectivity index (χ1) is 17.4. The minimum Gasteiger partial charge on any atom is -0.372 e. The average Bonchev–Trinajstić information content (AvgIpc) is 3.49. The van der Waals surface area contributed by atoms with Gasteiger partial charge in [-0.05, 0) is 44.5 Å². The number of carbonyl (C=O) groups excluding carboxylic acids is 1. The highest BCUT2D eigenvalue weighted by atomic mass is 35.5. The summed E-state index contributed by atoms with van der Waals surface area (Å²) in [5, 5.41) is 13.1. The molecule has 4 aromatic rings. The van der Waals surface area contributed by atoms with Crippen LogP contribution >= 0.6 is 34.7 Å².